The summed E-state index contributed by atoms with van der Waals surface area (Å²) in [5.74, 6) is 0. The molecule has 0 radical (unpaired) electrons. The predicted molar refractivity (Wildman–Crippen MR) is 98.0 cm³/mol. The van der Waals surface area contributed by atoms with Crippen LogP contribution in [0.3, 0.4) is 0 Å². The summed E-state index contributed by atoms with van der Waals surface area (Å²) in [5, 5.41) is 7.54. The van der Waals surface area contributed by atoms with Gasteiger partial charge in [-0.25, -0.2) is 4.79 Å². The van der Waals surface area contributed by atoms with Gasteiger partial charge in [0, 0.05) is 51.4 Å². The van der Waals surface area contributed by atoms with Crippen LogP contribution in [0.4, 0.5) is 10.5 Å². The molecule has 1 spiro atoms. The summed E-state index contributed by atoms with van der Waals surface area (Å²) in [6, 6.07) is 9.77. The van der Waals surface area contributed by atoms with E-state index < -0.39 is 0 Å². The lowest BCUT2D eigenvalue weighted by molar-refractivity contribution is -0.144. The first kappa shape index (κ1) is 17.1. The van der Waals surface area contributed by atoms with Crippen LogP contribution >= 0.6 is 0 Å². The number of aryl methyl sites for hydroxylation is 1. The van der Waals surface area contributed by atoms with Gasteiger partial charge in [-0.3, -0.25) is 4.68 Å². The number of urea groups is 1. The molecule has 2 aliphatic rings. The van der Waals surface area contributed by atoms with Crippen LogP contribution in [-0.4, -0.2) is 59.2 Å². The average Bonchev–Trinajstić information content (AvgIpc) is 3.03. The summed E-state index contributed by atoms with van der Waals surface area (Å²) < 4.78 is 13.2. The molecular weight excluding hydrogens is 332 g/mol. The molecule has 0 aliphatic carbocycles. The van der Waals surface area contributed by atoms with Crippen molar-refractivity contribution in [1.82, 2.24) is 14.7 Å². The number of ether oxygens (including phenoxy) is 2. The first-order chi connectivity index (χ1) is 12.7. The Kier molecular flexibility index (Phi) is 4.65. The van der Waals surface area contributed by atoms with Crippen molar-refractivity contribution in [3.63, 3.8) is 0 Å². The van der Waals surface area contributed by atoms with Gasteiger partial charge in [-0.05, 0) is 0 Å². The van der Waals surface area contributed by atoms with Crippen LogP contribution in [0.5, 0.6) is 0 Å². The van der Waals surface area contributed by atoms with Gasteiger partial charge in [-0.2, -0.15) is 5.10 Å². The molecule has 2 amide bonds. The van der Waals surface area contributed by atoms with Crippen molar-refractivity contribution in [2.45, 2.75) is 18.4 Å². The molecule has 7 heteroatoms. The van der Waals surface area contributed by atoms with Crippen molar-refractivity contribution in [2.24, 2.45) is 7.05 Å². The Bertz CT molecular complexity index is 763. The molecule has 7 nitrogen and oxygen atoms in total. The molecule has 2 aliphatic heterocycles. The zero-order valence-corrected chi connectivity index (χ0v) is 15.0. The molecule has 0 saturated carbocycles. The Morgan fingerprint density at radius 2 is 1.96 bits per heavy atom. The second-order valence-electron chi connectivity index (χ2n) is 6.93. The van der Waals surface area contributed by atoms with Crippen molar-refractivity contribution in [3.05, 3.63) is 36.5 Å². The van der Waals surface area contributed by atoms with E-state index in [0.29, 0.717) is 32.9 Å². The number of aromatic nitrogens is 2. The highest BCUT2D eigenvalue weighted by atomic mass is 16.5. The number of morpholine rings is 1. The van der Waals surface area contributed by atoms with E-state index >= 15 is 0 Å². The molecule has 2 saturated heterocycles. The SMILES string of the molecule is Cn1cc(NC(=O)N2CCOC3(CCOCC3)C2)c(-c2ccccc2)n1. The summed E-state index contributed by atoms with van der Waals surface area (Å²) in [6.07, 6.45) is 3.50. The van der Waals surface area contributed by atoms with E-state index in [1.165, 1.54) is 0 Å². The van der Waals surface area contributed by atoms with Crippen LogP contribution in [0.1, 0.15) is 12.8 Å². The van der Waals surface area contributed by atoms with Crippen molar-refractivity contribution >= 4 is 11.7 Å². The number of anilines is 1. The minimum absolute atomic E-state index is 0.107. The molecule has 2 aromatic rings. The molecule has 0 bridgehead atoms. The van der Waals surface area contributed by atoms with Crippen molar-refractivity contribution in [1.29, 1.82) is 0 Å². The Hall–Kier alpha value is -2.38. The highest BCUT2D eigenvalue weighted by Crippen LogP contribution is 2.30. The van der Waals surface area contributed by atoms with Crippen LogP contribution in [0.15, 0.2) is 36.5 Å². The van der Waals surface area contributed by atoms with Gasteiger partial charge in [-0.1, -0.05) is 30.3 Å². The Morgan fingerprint density at radius 1 is 1.19 bits per heavy atom. The lowest BCUT2D eigenvalue weighted by atomic mass is 9.92. The zero-order valence-electron chi connectivity index (χ0n) is 15.0. The molecule has 1 aromatic heterocycles. The molecule has 1 N–H and O–H groups in total. The Labute approximate surface area is 152 Å². The Morgan fingerprint density at radius 3 is 2.73 bits per heavy atom. The number of carbonyl (C=O) groups excluding carboxylic acids is 1. The van der Waals surface area contributed by atoms with Gasteiger partial charge in [0.15, 0.2) is 0 Å². The number of amides is 2. The fourth-order valence-corrected chi connectivity index (χ4v) is 3.65. The number of nitrogens with one attached hydrogen (secondary N) is 1. The highest BCUT2D eigenvalue weighted by molar-refractivity contribution is 5.93. The summed E-state index contributed by atoms with van der Waals surface area (Å²) in [5.41, 5.74) is 2.21. The van der Waals surface area contributed by atoms with Crippen LogP contribution in [0, 0.1) is 0 Å². The van der Waals surface area contributed by atoms with E-state index in [1.807, 2.05) is 48.5 Å². The lowest BCUT2D eigenvalue weighted by Crippen LogP contribution is -2.56. The molecular formula is C19H24N4O3. The third kappa shape index (κ3) is 3.45. The van der Waals surface area contributed by atoms with Crippen LogP contribution in [0.25, 0.3) is 11.3 Å². The van der Waals surface area contributed by atoms with E-state index in [4.69, 9.17) is 9.47 Å². The van der Waals surface area contributed by atoms with Crippen molar-refractivity contribution in [3.8, 4) is 11.3 Å². The van der Waals surface area contributed by atoms with Gasteiger partial charge in [0.25, 0.3) is 0 Å². The maximum atomic E-state index is 12.9. The Balaban J connectivity index is 1.50. The molecule has 4 rings (SSSR count). The molecule has 0 unspecified atom stereocenters. The number of hydrogen-bond acceptors (Lipinski definition) is 4. The molecule has 0 atom stereocenters. The lowest BCUT2D eigenvalue weighted by Gasteiger charge is -2.44. The fraction of sp³-hybridized carbons (Fsp3) is 0.474. The fourth-order valence-electron chi connectivity index (χ4n) is 3.65. The summed E-state index contributed by atoms with van der Waals surface area (Å²) in [4.78, 5) is 14.7. The van der Waals surface area contributed by atoms with Crippen molar-refractivity contribution in [2.75, 3.05) is 38.2 Å². The van der Waals surface area contributed by atoms with Gasteiger partial charge in [0.1, 0.15) is 5.69 Å². The van der Waals surface area contributed by atoms with Crippen LogP contribution in [-0.2, 0) is 16.5 Å². The predicted octanol–water partition coefficient (Wildman–Crippen LogP) is 2.50. The molecule has 1 aromatic carbocycles. The van der Waals surface area contributed by atoms with Gasteiger partial charge >= 0.3 is 6.03 Å². The van der Waals surface area contributed by atoms with Crippen LogP contribution in [0.2, 0.25) is 0 Å². The van der Waals surface area contributed by atoms with E-state index in [1.54, 1.807) is 4.68 Å². The average molecular weight is 356 g/mol. The van der Waals surface area contributed by atoms with Gasteiger partial charge < -0.3 is 19.7 Å². The smallest absolute Gasteiger partial charge is 0.322 e. The maximum absolute atomic E-state index is 12.9. The van der Waals surface area contributed by atoms with E-state index in [9.17, 15) is 4.79 Å². The number of carbonyl (C=O) groups is 1. The number of hydrogen-bond donors (Lipinski definition) is 1. The molecule has 26 heavy (non-hydrogen) atoms. The van der Waals surface area contributed by atoms with Gasteiger partial charge in [0.2, 0.25) is 0 Å². The minimum Gasteiger partial charge on any atom is -0.381 e. The second-order valence-corrected chi connectivity index (χ2v) is 6.93. The maximum Gasteiger partial charge on any atom is 0.322 e. The van der Waals surface area contributed by atoms with E-state index in [-0.39, 0.29) is 11.6 Å². The van der Waals surface area contributed by atoms with Gasteiger partial charge in [-0.15, -0.1) is 0 Å². The highest BCUT2D eigenvalue weighted by Gasteiger charge is 2.39. The number of rotatable bonds is 2. The largest absolute Gasteiger partial charge is 0.381 e. The first-order valence-corrected chi connectivity index (χ1v) is 9.02. The van der Waals surface area contributed by atoms with Gasteiger partial charge in [0.05, 0.1) is 24.4 Å². The summed E-state index contributed by atoms with van der Waals surface area (Å²) in [6.45, 7) is 3.14. The quantitative estimate of drug-likeness (QED) is 0.898. The summed E-state index contributed by atoms with van der Waals surface area (Å²) >= 11 is 0. The third-order valence-electron chi connectivity index (χ3n) is 5.06. The third-order valence-corrected chi connectivity index (χ3v) is 5.06. The van der Waals surface area contributed by atoms with E-state index in [0.717, 1.165) is 29.8 Å². The second kappa shape index (κ2) is 7.09. The monoisotopic (exact) mass is 356 g/mol. The number of benzene rings is 1. The number of nitrogens with zero attached hydrogens (tertiary/aromatic N) is 3. The van der Waals surface area contributed by atoms with E-state index in [2.05, 4.69) is 10.4 Å². The zero-order chi connectivity index (χ0) is 18.0. The first-order valence-electron chi connectivity index (χ1n) is 9.02. The topological polar surface area (TPSA) is 68.6 Å². The molecule has 3 heterocycles. The molecule has 2 fully saturated rings. The standard InChI is InChI=1S/C19H24N4O3/c1-22-13-16(17(21-22)15-5-3-2-4-6-15)20-18(24)23-9-12-26-19(14-23)7-10-25-11-8-19/h2-6,13H,7-12,14H2,1H3,(H,20,24). The normalized spacial score (nSPS) is 19.5. The van der Waals surface area contributed by atoms with Crippen LogP contribution < -0.4 is 5.32 Å². The molecule has 138 valence electrons. The van der Waals surface area contributed by atoms with Crippen molar-refractivity contribution < 1.29 is 14.3 Å². The minimum atomic E-state index is -0.259. The summed E-state index contributed by atoms with van der Waals surface area (Å²) in [7, 11) is 1.86.